The van der Waals surface area contributed by atoms with Crippen LogP contribution < -0.4 is 0 Å². The van der Waals surface area contributed by atoms with Crippen molar-refractivity contribution in [2.75, 3.05) is 6.61 Å². The summed E-state index contributed by atoms with van der Waals surface area (Å²) in [6, 6.07) is 0. The molecule has 0 heterocycles. The van der Waals surface area contributed by atoms with Crippen LogP contribution in [-0.2, 0) is 14.3 Å². The van der Waals surface area contributed by atoms with Crippen LogP contribution in [0.2, 0.25) is 0 Å². The maximum absolute atomic E-state index is 13.4. The third-order valence-electron chi connectivity index (χ3n) is 6.73. The molecule has 1 unspecified atom stereocenters. The van der Waals surface area contributed by atoms with Gasteiger partial charge in [-0.05, 0) is 43.9 Å². The van der Waals surface area contributed by atoms with Gasteiger partial charge >= 0.3 is 11.9 Å². The first-order valence-electron chi connectivity index (χ1n) is 10.4. The van der Waals surface area contributed by atoms with E-state index in [-0.39, 0.29) is 17.8 Å². The average molecular weight is 353 g/mol. The van der Waals surface area contributed by atoms with Gasteiger partial charge in [0.1, 0.15) is 0 Å². The number of rotatable bonds is 8. The SMILES string of the molecule is CCCCOC(=O)C(C1CCCCC1)(C1CCCCC1)C(C)C(=O)O. The molecule has 2 fully saturated rings. The fourth-order valence-electron chi connectivity index (χ4n) is 5.35. The fourth-order valence-corrected chi connectivity index (χ4v) is 5.35. The zero-order valence-corrected chi connectivity index (χ0v) is 16.1. The van der Waals surface area contributed by atoms with Crippen molar-refractivity contribution in [3.8, 4) is 0 Å². The van der Waals surface area contributed by atoms with Gasteiger partial charge in [-0.3, -0.25) is 9.59 Å². The Bertz CT molecular complexity index is 415. The smallest absolute Gasteiger partial charge is 0.313 e. The van der Waals surface area contributed by atoms with Gasteiger partial charge in [-0.15, -0.1) is 0 Å². The van der Waals surface area contributed by atoms with Crippen molar-refractivity contribution >= 4 is 11.9 Å². The number of carboxylic acid groups (broad SMARTS) is 1. The Morgan fingerprint density at radius 2 is 1.48 bits per heavy atom. The maximum Gasteiger partial charge on any atom is 0.313 e. The molecule has 4 heteroatoms. The lowest BCUT2D eigenvalue weighted by molar-refractivity contribution is -0.181. The van der Waals surface area contributed by atoms with Crippen molar-refractivity contribution < 1.29 is 19.4 Å². The summed E-state index contributed by atoms with van der Waals surface area (Å²) in [5.41, 5.74) is -0.833. The molecule has 25 heavy (non-hydrogen) atoms. The monoisotopic (exact) mass is 352 g/mol. The largest absolute Gasteiger partial charge is 0.481 e. The van der Waals surface area contributed by atoms with Crippen LogP contribution in [0, 0.1) is 23.2 Å². The first-order chi connectivity index (χ1) is 12.0. The van der Waals surface area contributed by atoms with Gasteiger partial charge in [0.2, 0.25) is 0 Å². The summed E-state index contributed by atoms with van der Waals surface area (Å²) in [4.78, 5) is 25.5. The number of aliphatic carboxylic acids is 1. The minimum Gasteiger partial charge on any atom is -0.481 e. The van der Waals surface area contributed by atoms with E-state index in [9.17, 15) is 14.7 Å². The lowest BCUT2D eigenvalue weighted by atomic mass is 9.54. The van der Waals surface area contributed by atoms with Crippen LogP contribution in [0.3, 0.4) is 0 Å². The Hall–Kier alpha value is -1.06. The van der Waals surface area contributed by atoms with Crippen LogP contribution in [0.5, 0.6) is 0 Å². The maximum atomic E-state index is 13.4. The Morgan fingerprint density at radius 3 is 1.88 bits per heavy atom. The number of ether oxygens (including phenoxy) is 1. The molecule has 0 aromatic carbocycles. The molecule has 0 bridgehead atoms. The van der Waals surface area contributed by atoms with Crippen LogP contribution in [0.25, 0.3) is 0 Å². The van der Waals surface area contributed by atoms with Crippen molar-refractivity contribution in [3.05, 3.63) is 0 Å². The van der Waals surface area contributed by atoms with E-state index in [0.29, 0.717) is 6.61 Å². The van der Waals surface area contributed by atoms with Gasteiger partial charge in [0, 0.05) is 0 Å². The zero-order valence-electron chi connectivity index (χ0n) is 16.1. The Labute approximate surface area is 152 Å². The molecular weight excluding hydrogens is 316 g/mol. The van der Waals surface area contributed by atoms with Gasteiger partial charge in [-0.1, -0.05) is 58.8 Å². The summed E-state index contributed by atoms with van der Waals surface area (Å²) in [6.45, 7) is 4.25. The molecule has 0 aliphatic heterocycles. The van der Waals surface area contributed by atoms with Gasteiger partial charge in [-0.2, -0.15) is 0 Å². The highest BCUT2D eigenvalue weighted by atomic mass is 16.5. The lowest BCUT2D eigenvalue weighted by Gasteiger charge is -2.49. The second kappa shape index (κ2) is 9.59. The van der Waals surface area contributed by atoms with E-state index in [1.807, 2.05) is 0 Å². The summed E-state index contributed by atoms with van der Waals surface area (Å²) in [5.74, 6) is -1.42. The predicted octanol–water partition coefficient (Wildman–Crippen LogP) is 5.20. The van der Waals surface area contributed by atoms with E-state index in [1.54, 1.807) is 6.92 Å². The molecule has 2 rings (SSSR count). The summed E-state index contributed by atoms with van der Waals surface area (Å²) < 4.78 is 5.72. The predicted molar refractivity (Wildman–Crippen MR) is 98.2 cm³/mol. The van der Waals surface area contributed by atoms with Gasteiger partial charge in [0.15, 0.2) is 0 Å². The third kappa shape index (κ3) is 4.38. The average Bonchev–Trinajstić information content (AvgIpc) is 2.64. The first-order valence-corrected chi connectivity index (χ1v) is 10.4. The van der Waals surface area contributed by atoms with Crippen LogP contribution >= 0.6 is 0 Å². The lowest BCUT2D eigenvalue weighted by Crippen LogP contribution is -2.54. The number of esters is 1. The summed E-state index contributed by atoms with van der Waals surface area (Å²) in [7, 11) is 0. The molecule has 144 valence electrons. The fraction of sp³-hybridized carbons (Fsp3) is 0.905. The normalized spacial score (nSPS) is 21.7. The number of carbonyl (C=O) groups is 2. The van der Waals surface area contributed by atoms with Gasteiger partial charge in [-0.25, -0.2) is 0 Å². The number of carbonyl (C=O) groups excluding carboxylic acids is 1. The molecule has 2 aliphatic rings. The number of hydrogen-bond donors (Lipinski definition) is 1. The summed E-state index contributed by atoms with van der Waals surface area (Å²) in [6.07, 6.45) is 12.5. The molecular formula is C21H36O4. The molecule has 0 radical (unpaired) electrons. The van der Waals surface area contributed by atoms with Gasteiger partial charge in [0.25, 0.3) is 0 Å². The molecule has 0 saturated heterocycles. The standard InChI is InChI=1S/C21H36O4/c1-3-4-15-25-20(24)21(16(2)19(22)23,17-11-7-5-8-12-17)18-13-9-6-10-14-18/h16-18H,3-15H2,1-2H3,(H,22,23). The highest BCUT2D eigenvalue weighted by Gasteiger charge is 2.58. The molecule has 4 nitrogen and oxygen atoms in total. The van der Waals surface area contributed by atoms with E-state index in [0.717, 1.165) is 64.2 Å². The van der Waals surface area contributed by atoms with E-state index >= 15 is 0 Å². The molecule has 2 aliphatic carbocycles. The second-order valence-corrected chi connectivity index (χ2v) is 8.15. The topological polar surface area (TPSA) is 63.6 Å². The molecule has 2 saturated carbocycles. The van der Waals surface area contributed by atoms with E-state index in [1.165, 1.54) is 12.8 Å². The summed E-state index contributed by atoms with van der Waals surface area (Å²) >= 11 is 0. The molecule has 0 amide bonds. The molecule has 1 atom stereocenters. The number of unbranched alkanes of at least 4 members (excludes halogenated alkanes) is 1. The van der Waals surface area contributed by atoms with Gasteiger partial charge < -0.3 is 9.84 Å². The summed E-state index contributed by atoms with van der Waals surface area (Å²) in [5, 5.41) is 9.89. The Balaban J connectivity index is 2.39. The van der Waals surface area contributed by atoms with Crippen molar-refractivity contribution in [1.82, 2.24) is 0 Å². The van der Waals surface area contributed by atoms with Crippen LogP contribution in [0.4, 0.5) is 0 Å². The van der Waals surface area contributed by atoms with Crippen molar-refractivity contribution in [3.63, 3.8) is 0 Å². The minimum atomic E-state index is -0.844. The second-order valence-electron chi connectivity index (χ2n) is 8.15. The van der Waals surface area contributed by atoms with Crippen molar-refractivity contribution in [2.45, 2.75) is 90.9 Å². The third-order valence-corrected chi connectivity index (χ3v) is 6.73. The number of carboxylic acids is 1. The number of hydrogen-bond acceptors (Lipinski definition) is 3. The Morgan fingerprint density at radius 1 is 1.00 bits per heavy atom. The van der Waals surface area contributed by atoms with Crippen LogP contribution in [-0.4, -0.2) is 23.7 Å². The molecule has 0 aromatic rings. The van der Waals surface area contributed by atoms with Crippen molar-refractivity contribution in [1.29, 1.82) is 0 Å². The van der Waals surface area contributed by atoms with E-state index < -0.39 is 17.3 Å². The minimum absolute atomic E-state index is 0.157. The highest BCUT2D eigenvalue weighted by Crippen LogP contribution is 2.54. The van der Waals surface area contributed by atoms with Gasteiger partial charge in [0.05, 0.1) is 17.9 Å². The van der Waals surface area contributed by atoms with Crippen LogP contribution in [0.1, 0.15) is 90.9 Å². The first kappa shape index (κ1) is 20.3. The van der Waals surface area contributed by atoms with E-state index in [2.05, 4.69) is 6.92 Å². The molecule has 1 N–H and O–H groups in total. The van der Waals surface area contributed by atoms with Crippen molar-refractivity contribution in [2.24, 2.45) is 23.2 Å². The van der Waals surface area contributed by atoms with Crippen LogP contribution in [0.15, 0.2) is 0 Å². The highest BCUT2D eigenvalue weighted by molar-refractivity contribution is 5.85. The zero-order chi connectivity index (χ0) is 18.3. The molecule has 0 spiro atoms. The molecule has 0 aromatic heterocycles. The quantitative estimate of drug-likeness (QED) is 0.482. The van der Waals surface area contributed by atoms with E-state index in [4.69, 9.17) is 4.74 Å². The Kier molecular flexibility index (Phi) is 7.77.